The zero-order valence-corrected chi connectivity index (χ0v) is 8.05. The quantitative estimate of drug-likeness (QED) is 0.660. The molecule has 2 rings (SSSR count). The SMILES string of the molecule is CC1CC1CN1CCCNCC1. The van der Waals surface area contributed by atoms with E-state index in [1.807, 2.05) is 0 Å². The van der Waals surface area contributed by atoms with E-state index in [4.69, 9.17) is 0 Å². The van der Waals surface area contributed by atoms with Gasteiger partial charge in [-0.1, -0.05) is 6.92 Å². The molecule has 1 aliphatic heterocycles. The van der Waals surface area contributed by atoms with E-state index in [0.717, 1.165) is 11.8 Å². The van der Waals surface area contributed by atoms with Gasteiger partial charge in [0.2, 0.25) is 0 Å². The summed E-state index contributed by atoms with van der Waals surface area (Å²) in [5.41, 5.74) is 0. The molecule has 0 spiro atoms. The van der Waals surface area contributed by atoms with Gasteiger partial charge in [-0.15, -0.1) is 0 Å². The summed E-state index contributed by atoms with van der Waals surface area (Å²) in [6.45, 7) is 8.74. The average molecular weight is 168 g/mol. The van der Waals surface area contributed by atoms with Gasteiger partial charge in [0, 0.05) is 19.6 Å². The summed E-state index contributed by atoms with van der Waals surface area (Å²) in [5, 5.41) is 3.44. The van der Waals surface area contributed by atoms with Crippen molar-refractivity contribution in [3.63, 3.8) is 0 Å². The first kappa shape index (κ1) is 8.52. The third-order valence-electron chi connectivity index (χ3n) is 3.20. The van der Waals surface area contributed by atoms with Gasteiger partial charge >= 0.3 is 0 Å². The van der Waals surface area contributed by atoms with Crippen molar-refractivity contribution in [3.8, 4) is 0 Å². The summed E-state index contributed by atoms with van der Waals surface area (Å²) in [5.74, 6) is 2.05. The number of rotatable bonds is 2. The van der Waals surface area contributed by atoms with Crippen LogP contribution in [0, 0.1) is 11.8 Å². The first-order chi connectivity index (χ1) is 5.86. The van der Waals surface area contributed by atoms with Crippen molar-refractivity contribution in [2.45, 2.75) is 19.8 Å². The molecule has 2 atom stereocenters. The lowest BCUT2D eigenvalue weighted by Crippen LogP contribution is -2.30. The maximum absolute atomic E-state index is 3.44. The average Bonchev–Trinajstić information content (AvgIpc) is 2.78. The van der Waals surface area contributed by atoms with Crippen LogP contribution >= 0.6 is 0 Å². The molecule has 2 heteroatoms. The maximum Gasteiger partial charge on any atom is 0.0107 e. The Morgan fingerprint density at radius 1 is 1.33 bits per heavy atom. The lowest BCUT2D eigenvalue weighted by molar-refractivity contribution is 0.276. The van der Waals surface area contributed by atoms with Gasteiger partial charge in [-0.25, -0.2) is 0 Å². The summed E-state index contributed by atoms with van der Waals surface area (Å²) in [6.07, 6.45) is 2.81. The Kier molecular flexibility index (Phi) is 2.66. The van der Waals surface area contributed by atoms with Crippen LogP contribution in [-0.2, 0) is 0 Å². The van der Waals surface area contributed by atoms with Crippen LogP contribution in [0.2, 0.25) is 0 Å². The summed E-state index contributed by atoms with van der Waals surface area (Å²) >= 11 is 0. The van der Waals surface area contributed by atoms with Crippen LogP contribution < -0.4 is 5.32 Å². The second-order valence-corrected chi connectivity index (χ2v) is 4.38. The second kappa shape index (κ2) is 3.75. The molecule has 0 aromatic carbocycles. The third-order valence-corrected chi connectivity index (χ3v) is 3.20. The van der Waals surface area contributed by atoms with Crippen molar-refractivity contribution >= 4 is 0 Å². The first-order valence-electron chi connectivity index (χ1n) is 5.29. The topological polar surface area (TPSA) is 15.3 Å². The molecule has 0 radical (unpaired) electrons. The molecule has 0 aromatic heterocycles. The summed E-state index contributed by atoms with van der Waals surface area (Å²) in [4.78, 5) is 2.63. The fraction of sp³-hybridized carbons (Fsp3) is 1.00. The maximum atomic E-state index is 3.44. The van der Waals surface area contributed by atoms with Crippen molar-refractivity contribution < 1.29 is 0 Å². The van der Waals surface area contributed by atoms with Gasteiger partial charge in [0.1, 0.15) is 0 Å². The van der Waals surface area contributed by atoms with Gasteiger partial charge in [-0.2, -0.15) is 0 Å². The van der Waals surface area contributed by atoms with Crippen molar-refractivity contribution in [2.24, 2.45) is 11.8 Å². The molecule has 2 nitrogen and oxygen atoms in total. The Labute approximate surface area is 75.3 Å². The minimum absolute atomic E-state index is 1.02. The van der Waals surface area contributed by atoms with Crippen LogP contribution in [-0.4, -0.2) is 37.6 Å². The van der Waals surface area contributed by atoms with Gasteiger partial charge in [0.05, 0.1) is 0 Å². The van der Waals surface area contributed by atoms with E-state index >= 15 is 0 Å². The van der Waals surface area contributed by atoms with Crippen LogP contribution in [0.25, 0.3) is 0 Å². The minimum Gasteiger partial charge on any atom is -0.315 e. The van der Waals surface area contributed by atoms with E-state index in [9.17, 15) is 0 Å². The van der Waals surface area contributed by atoms with Gasteiger partial charge in [0.25, 0.3) is 0 Å². The van der Waals surface area contributed by atoms with Crippen LogP contribution in [0.5, 0.6) is 0 Å². The molecule has 70 valence electrons. The Morgan fingerprint density at radius 2 is 2.17 bits per heavy atom. The van der Waals surface area contributed by atoms with Gasteiger partial charge < -0.3 is 10.2 Å². The van der Waals surface area contributed by atoms with Crippen LogP contribution in [0.15, 0.2) is 0 Å². The molecule has 0 amide bonds. The summed E-state index contributed by atoms with van der Waals surface area (Å²) < 4.78 is 0. The Hall–Kier alpha value is -0.0800. The van der Waals surface area contributed by atoms with E-state index in [1.54, 1.807) is 0 Å². The molecule has 2 unspecified atom stereocenters. The highest BCUT2D eigenvalue weighted by Gasteiger charge is 2.33. The number of nitrogens with one attached hydrogen (secondary N) is 1. The Morgan fingerprint density at radius 3 is 2.92 bits per heavy atom. The molecule has 0 aromatic rings. The zero-order valence-electron chi connectivity index (χ0n) is 8.05. The fourth-order valence-corrected chi connectivity index (χ4v) is 2.07. The highest BCUT2D eigenvalue weighted by atomic mass is 15.2. The summed E-state index contributed by atoms with van der Waals surface area (Å²) in [6, 6.07) is 0. The normalized spacial score (nSPS) is 37.8. The minimum atomic E-state index is 1.02. The smallest absolute Gasteiger partial charge is 0.0107 e. The first-order valence-corrected chi connectivity index (χ1v) is 5.29. The van der Waals surface area contributed by atoms with Crippen LogP contribution in [0.4, 0.5) is 0 Å². The molecule has 0 bridgehead atoms. The molecular weight excluding hydrogens is 148 g/mol. The molecule has 1 saturated carbocycles. The van der Waals surface area contributed by atoms with Gasteiger partial charge in [-0.05, 0) is 37.8 Å². The van der Waals surface area contributed by atoms with E-state index in [-0.39, 0.29) is 0 Å². The molecule has 2 aliphatic rings. The zero-order chi connectivity index (χ0) is 8.39. The van der Waals surface area contributed by atoms with Crippen molar-refractivity contribution in [1.82, 2.24) is 10.2 Å². The highest BCUT2D eigenvalue weighted by molar-refractivity contribution is 4.85. The van der Waals surface area contributed by atoms with Crippen molar-refractivity contribution in [1.29, 1.82) is 0 Å². The third kappa shape index (κ3) is 2.20. The largest absolute Gasteiger partial charge is 0.315 e. The van der Waals surface area contributed by atoms with Gasteiger partial charge in [0.15, 0.2) is 0 Å². The van der Waals surface area contributed by atoms with E-state index in [0.29, 0.717) is 0 Å². The molecule has 1 aliphatic carbocycles. The molecule has 1 heterocycles. The number of hydrogen-bond acceptors (Lipinski definition) is 2. The Bertz CT molecular complexity index is 139. The lowest BCUT2D eigenvalue weighted by atomic mass is 10.3. The molecule has 2 fully saturated rings. The van der Waals surface area contributed by atoms with Crippen molar-refractivity contribution in [2.75, 3.05) is 32.7 Å². The Balaban J connectivity index is 1.71. The monoisotopic (exact) mass is 168 g/mol. The number of hydrogen-bond donors (Lipinski definition) is 1. The standard InChI is InChI=1S/C10H20N2/c1-9-7-10(9)8-12-5-2-3-11-4-6-12/h9-11H,2-8H2,1H3. The predicted octanol–water partition coefficient (Wildman–Crippen LogP) is 0.938. The van der Waals surface area contributed by atoms with E-state index in [1.165, 1.54) is 45.6 Å². The summed E-state index contributed by atoms with van der Waals surface area (Å²) in [7, 11) is 0. The predicted molar refractivity (Wildman–Crippen MR) is 51.2 cm³/mol. The van der Waals surface area contributed by atoms with Crippen LogP contribution in [0.1, 0.15) is 19.8 Å². The molecule has 1 N–H and O–H groups in total. The molecule has 12 heavy (non-hydrogen) atoms. The van der Waals surface area contributed by atoms with Crippen molar-refractivity contribution in [3.05, 3.63) is 0 Å². The molecular formula is C10H20N2. The van der Waals surface area contributed by atoms with E-state index in [2.05, 4.69) is 17.1 Å². The number of nitrogens with zero attached hydrogens (tertiary/aromatic N) is 1. The highest BCUT2D eigenvalue weighted by Crippen LogP contribution is 2.38. The second-order valence-electron chi connectivity index (χ2n) is 4.38. The molecule has 1 saturated heterocycles. The lowest BCUT2D eigenvalue weighted by Gasteiger charge is -2.18. The van der Waals surface area contributed by atoms with E-state index < -0.39 is 0 Å². The van der Waals surface area contributed by atoms with Crippen LogP contribution in [0.3, 0.4) is 0 Å². The van der Waals surface area contributed by atoms with Gasteiger partial charge in [-0.3, -0.25) is 0 Å². The fourth-order valence-electron chi connectivity index (χ4n) is 2.07.